The maximum absolute atomic E-state index is 13.7. The van der Waals surface area contributed by atoms with Crippen LogP contribution in [0.1, 0.15) is 12.0 Å². The van der Waals surface area contributed by atoms with E-state index in [9.17, 15) is 26.7 Å². The number of aliphatic imine (C=N–C) groups is 1. The molecular formula is C17H17F5N4O. The third kappa shape index (κ3) is 4.44. The second-order valence-corrected chi connectivity index (χ2v) is 6.46. The van der Waals surface area contributed by atoms with Gasteiger partial charge in [0.1, 0.15) is 23.2 Å². The van der Waals surface area contributed by atoms with Crippen LogP contribution in [-0.2, 0) is 11.2 Å². The standard InChI is InChI=1S/C17H17F5N4O/c18-11-1-2-13(19)10(5-11)6-12(23)7-16(27)26-4-3-25-8-14(17(20,21)22)24-15(25)9-26/h1-2,5,9,12H,3-4,6-8,23H2/t12-/m1/s1. The Balaban J connectivity index is 1.64. The fourth-order valence-corrected chi connectivity index (χ4v) is 2.99. The average Bonchev–Trinajstić information content (AvgIpc) is 3.01. The predicted octanol–water partition coefficient (Wildman–Crippen LogP) is 2.18. The molecule has 0 saturated heterocycles. The van der Waals surface area contributed by atoms with Gasteiger partial charge in [-0.3, -0.25) is 4.79 Å². The maximum Gasteiger partial charge on any atom is 0.431 e. The normalized spacial score (nSPS) is 18.1. The lowest BCUT2D eigenvalue weighted by atomic mass is 10.0. The van der Waals surface area contributed by atoms with E-state index < -0.39 is 35.5 Å². The van der Waals surface area contributed by atoms with Crippen LogP contribution in [0.25, 0.3) is 0 Å². The quantitative estimate of drug-likeness (QED) is 0.805. The van der Waals surface area contributed by atoms with Crippen LogP contribution in [0.4, 0.5) is 22.0 Å². The van der Waals surface area contributed by atoms with E-state index >= 15 is 0 Å². The minimum absolute atomic E-state index is 0.0394. The van der Waals surface area contributed by atoms with Gasteiger partial charge in [0.15, 0.2) is 0 Å². The first-order valence-corrected chi connectivity index (χ1v) is 8.24. The summed E-state index contributed by atoms with van der Waals surface area (Å²) in [7, 11) is 0. The number of fused-ring (bicyclic) bond motifs is 1. The smallest absolute Gasteiger partial charge is 0.348 e. The fourth-order valence-electron chi connectivity index (χ4n) is 2.99. The fraction of sp³-hybridized carbons (Fsp3) is 0.412. The summed E-state index contributed by atoms with van der Waals surface area (Å²) in [4.78, 5) is 18.6. The van der Waals surface area contributed by atoms with E-state index in [4.69, 9.17) is 5.73 Å². The summed E-state index contributed by atoms with van der Waals surface area (Å²) in [5, 5.41) is 0. The second-order valence-electron chi connectivity index (χ2n) is 6.46. The maximum atomic E-state index is 13.7. The first kappa shape index (κ1) is 19.3. The van der Waals surface area contributed by atoms with Crippen molar-refractivity contribution < 1.29 is 26.7 Å². The Kier molecular flexibility index (Phi) is 5.18. The average molecular weight is 388 g/mol. The van der Waals surface area contributed by atoms with Crippen LogP contribution in [0.5, 0.6) is 0 Å². The Morgan fingerprint density at radius 2 is 2.00 bits per heavy atom. The van der Waals surface area contributed by atoms with Crippen LogP contribution in [0, 0.1) is 11.6 Å². The third-order valence-electron chi connectivity index (χ3n) is 4.37. The summed E-state index contributed by atoms with van der Waals surface area (Å²) < 4.78 is 65.1. The molecule has 0 spiro atoms. The zero-order chi connectivity index (χ0) is 19.8. The number of halogens is 5. The second kappa shape index (κ2) is 7.26. The number of carbonyl (C=O) groups excluding carboxylic acids is 1. The zero-order valence-corrected chi connectivity index (χ0v) is 14.1. The SMILES string of the molecule is N[C@@H](CC(=O)N1C=C2N=C(C(F)(F)F)CN2CC1)Cc1cc(F)ccc1F. The van der Waals surface area contributed by atoms with Crippen LogP contribution in [-0.4, -0.2) is 53.3 Å². The van der Waals surface area contributed by atoms with Gasteiger partial charge < -0.3 is 15.5 Å². The number of nitrogens with zero attached hydrogens (tertiary/aromatic N) is 3. The minimum Gasteiger partial charge on any atom is -0.348 e. The molecule has 0 aliphatic carbocycles. The van der Waals surface area contributed by atoms with Crippen molar-refractivity contribution in [2.24, 2.45) is 10.7 Å². The van der Waals surface area contributed by atoms with Crippen molar-refractivity contribution in [3.63, 3.8) is 0 Å². The van der Waals surface area contributed by atoms with E-state index in [2.05, 4.69) is 4.99 Å². The van der Waals surface area contributed by atoms with E-state index in [0.29, 0.717) is 0 Å². The summed E-state index contributed by atoms with van der Waals surface area (Å²) in [5.74, 6) is -1.56. The molecule has 1 aromatic rings. The van der Waals surface area contributed by atoms with Gasteiger partial charge >= 0.3 is 6.18 Å². The number of carbonyl (C=O) groups is 1. The number of hydrogen-bond acceptors (Lipinski definition) is 4. The van der Waals surface area contributed by atoms with Crippen molar-refractivity contribution in [1.29, 1.82) is 0 Å². The summed E-state index contributed by atoms with van der Waals surface area (Å²) >= 11 is 0. The molecule has 1 atom stereocenters. The van der Waals surface area contributed by atoms with Crippen LogP contribution in [0.15, 0.2) is 35.2 Å². The molecule has 0 bridgehead atoms. The van der Waals surface area contributed by atoms with Gasteiger partial charge in [-0.25, -0.2) is 13.8 Å². The topological polar surface area (TPSA) is 61.9 Å². The van der Waals surface area contributed by atoms with E-state index in [-0.39, 0.29) is 43.9 Å². The Hall–Kier alpha value is -2.49. The number of amides is 1. The lowest BCUT2D eigenvalue weighted by Gasteiger charge is -2.30. The van der Waals surface area contributed by atoms with Crippen LogP contribution < -0.4 is 5.73 Å². The molecule has 10 heteroatoms. The van der Waals surface area contributed by atoms with Crippen LogP contribution in [0.3, 0.4) is 0 Å². The molecule has 146 valence electrons. The first-order valence-electron chi connectivity index (χ1n) is 8.24. The highest BCUT2D eigenvalue weighted by atomic mass is 19.4. The molecule has 5 nitrogen and oxygen atoms in total. The summed E-state index contributed by atoms with van der Waals surface area (Å²) in [5.41, 5.74) is 5.04. The Morgan fingerprint density at radius 1 is 1.26 bits per heavy atom. The molecule has 1 aromatic carbocycles. The summed E-state index contributed by atoms with van der Waals surface area (Å²) in [6.07, 6.45) is -3.44. The molecule has 2 aliphatic rings. The summed E-state index contributed by atoms with van der Waals surface area (Å²) in [6, 6.07) is 2.23. The number of nitrogens with two attached hydrogens (primary N) is 1. The van der Waals surface area contributed by atoms with Gasteiger partial charge in [-0.05, 0) is 30.2 Å². The summed E-state index contributed by atoms with van der Waals surface area (Å²) in [6.45, 7) is 0.0776. The van der Waals surface area contributed by atoms with Crippen LogP contribution >= 0.6 is 0 Å². The van der Waals surface area contributed by atoms with E-state index in [1.807, 2.05) is 0 Å². The van der Waals surface area contributed by atoms with Gasteiger partial charge in [0.2, 0.25) is 5.91 Å². The lowest BCUT2D eigenvalue weighted by molar-refractivity contribution is -0.129. The number of alkyl halides is 3. The molecule has 2 heterocycles. The highest BCUT2D eigenvalue weighted by Crippen LogP contribution is 2.28. The van der Waals surface area contributed by atoms with E-state index in [1.54, 1.807) is 0 Å². The van der Waals surface area contributed by atoms with Crippen molar-refractivity contribution >= 4 is 11.6 Å². The largest absolute Gasteiger partial charge is 0.431 e. The first-order chi connectivity index (χ1) is 12.6. The van der Waals surface area contributed by atoms with Gasteiger partial charge in [0.25, 0.3) is 0 Å². The minimum atomic E-state index is -4.51. The number of benzene rings is 1. The Morgan fingerprint density at radius 3 is 2.70 bits per heavy atom. The van der Waals surface area contributed by atoms with Crippen molar-refractivity contribution in [2.45, 2.75) is 25.1 Å². The van der Waals surface area contributed by atoms with Crippen LogP contribution in [0.2, 0.25) is 0 Å². The van der Waals surface area contributed by atoms with Crippen molar-refractivity contribution in [2.75, 3.05) is 19.6 Å². The molecule has 1 amide bonds. The molecule has 0 radical (unpaired) electrons. The third-order valence-corrected chi connectivity index (χ3v) is 4.37. The van der Waals surface area contributed by atoms with E-state index in [1.165, 1.54) is 16.0 Å². The van der Waals surface area contributed by atoms with E-state index in [0.717, 1.165) is 18.2 Å². The van der Waals surface area contributed by atoms with Crippen molar-refractivity contribution in [1.82, 2.24) is 9.80 Å². The van der Waals surface area contributed by atoms with Crippen molar-refractivity contribution in [3.05, 3.63) is 47.4 Å². The van der Waals surface area contributed by atoms with Gasteiger partial charge in [0, 0.05) is 31.8 Å². The number of hydrogen-bond donors (Lipinski definition) is 1. The van der Waals surface area contributed by atoms with Crippen molar-refractivity contribution in [3.8, 4) is 0 Å². The highest BCUT2D eigenvalue weighted by molar-refractivity contribution is 5.94. The zero-order valence-electron chi connectivity index (χ0n) is 14.1. The monoisotopic (exact) mass is 388 g/mol. The predicted molar refractivity (Wildman–Crippen MR) is 87.5 cm³/mol. The Bertz CT molecular complexity index is 805. The lowest BCUT2D eigenvalue weighted by Crippen LogP contribution is -2.42. The van der Waals surface area contributed by atoms with Gasteiger partial charge in [-0.1, -0.05) is 0 Å². The highest BCUT2D eigenvalue weighted by Gasteiger charge is 2.41. The molecule has 2 aliphatic heterocycles. The molecule has 27 heavy (non-hydrogen) atoms. The Labute approximate surface area is 151 Å². The molecular weight excluding hydrogens is 371 g/mol. The van der Waals surface area contributed by atoms with Gasteiger partial charge in [0.05, 0.1) is 6.54 Å². The molecule has 0 saturated carbocycles. The molecule has 2 N–H and O–H groups in total. The number of rotatable bonds is 4. The molecule has 0 fully saturated rings. The molecule has 0 aromatic heterocycles. The molecule has 0 unspecified atom stereocenters. The van der Waals surface area contributed by atoms with Gasteiger partial charge in [-0.15, -0.1) is 0 Å². The van der Waals surface area contributed by atoms with Gasteiger partial charge in [-0.2, -0.15) is 13.2 Å². The molecule has 3 rings (SSSR count).